The molecule has 1 N–H and O–H groups in total. The molecule has 0 fully saturated rings. The highest BCUT2D eigenvalue weighted by atomic mass is 15.1. The monoisotopic (exact) mass is 395 g/mol. The van der Waals surface area contributed by atoms with Crippen molar-refractivity contribution in [1.82, 2.24) is 30.1 Å². The second-order valence-corrected chi connectivity index (χ2v) is 6.64. The molecule has 0 saturated heterocycles. The molecule has 0 unspecified atom stereocenters. The number of pyridine rings is 2. The van der Waals surface area contributed by atoms with Crippen LogP contribution in [0.3, 0.4) is 0 Å². The van der Waals surface area contributed by atoms with E-state index >= 15 is 0 Å². The van der Waals surface area contributed by atoms with Crippen molar-refractivity contribution in [2.75, 3.05) is 5.32 Å². The van der Waals surface area contributed by atoms with Crippen molar-refractivity contribution in [2.45, 2.75) is 19.8 Å². The predicted molar refractivity (Wildman–Crippen MR) is 116 cm³/mol. The Labute approximate surface area is 175 Å². The van der Waals surface area contributed by atoms with Crippen LogP contribution in [0.1, 0.15) is 18.9 Å². The van der Waals surface area contributed by atoms with Gasteiger partial charge >= 0.3 is 0 Å². The zero-order chi connectivity index (χ0) is 20.6. The van der Waals surface area contributed by atoms with Crippen LogP contribution in [0.2, 0.25) is 0 Å². The van der Waals surface area contributed by atoms with Crippen molar-refractivity contribution in [3.05, 3.63) is 91.0 Å². The number of nitrogens with one attached hydrogen (secondary N) is 1. The van der Waals surface area contributed by atoms with Crippen molar-refractivity contribution < 1.29 is 0 Å². The van der Waals surface area contributed by atoms with Crippen LogP contribution in [-0.2, 0) is 6.42 Å². The molecule has 0 spiro atoms. The average molecular weight is 395 g/mol. The first kappa shape index (κ1) is 19.3. The smallest absolute Gasteiger partial charge is 0.130 e. The molecule has 4 aromatic heterocycles. The summed E-state index contributed by atoms with van der Waals surface area (Å²) < 4.78 is 0. The minimum absolute atomic E-state index is 0.739. The molecule has 4 heterocycles. The third kappa shape index (κ3) is 4.88. The fraction of sp³-hybridized carbons (Fsp3) is 0.130. The Morgan fingerprint density at radius 3 is 2.40 bits per heavy atom. The quantitative estimate of drug-likeness (QED) is 0.498. The molecule has 0 aliphatic heterocycles. The van der Waals surface area contributed by atoms with Gasteiger partial charge in [0.05, 0.1) is 30.0 Å². The second kappa shape index (κ2) is 9.47. The minimum atomic E-state index is 0.739. The fourth-order valence-electron chi connectivity index (χ4n) is 3.01. The molecule has 148 valence electrons. The number of aromatic nitrogens is 6. The number of anilines is 1. The lowest BCUT2D eigenvalue weighted by Crippen LogP contribution is -2.05. The van der Waals surface area contributed by atoms with Crippen LogP contribution in [0, 0.1) is 0 Å². The van der Waals surface area contributed by atoms with Gasteiger partial charge < -0.3 is 5.32 Å². The first-order valence-electron chi connectivity index (χ1n) is 9.72. The van der Waals surface area contributed by atoms with Gasteiger partial charge in [-0.3, -0.25) is 15.0 Å². The summed E-state index contributed by atoms with van der Waals surface area (Å²) in [5, 5.41) is 11.1. The fourth-order valence-corrected chi connectivity index (χ4v) is 3.01. The summed E-state index contributed by atoms with van der Waals surface area (Å²) in [6.45, 7) is 2.12. The highest BCUT2D eigenvalue weighted by molar-refractivity contribution is 5.59. The maximum Gasteiger partial charge on any atom is 0.130 e. The highest BCUT2D eigenvalue weighted by Crippen LogP contribution is 2.19. The Bertz CT molecular complexity index is 1010. The molecule has 0 aliphatic carbocycles. The molecule has 7 nitrogen and oxygen atoms in total. The molecular formula is C23H21N7. The molecule has 4 aromatic rings. The molecule has 30 heavy (non-hydrogen) atoms. The van der Waals surface area contributed by atoms with E-state index in [1.807, 2.05) is 30.5 Å². The SMILES string of the molecule is CC/C=C(/Cc1ccc(-c2ccnnc2)nc1)Nc1ccc(-c2cnccn2)cn1. The average Bonchev–Trinajstić information content (AvgIpc) is 2.81. The van der Waals surface area contributed by atoms with E-state index in [2.05, 4.69) is 54.5 Å². The summed E-state index contributed by atoms with van der Waals surface area (Å²) in [4.78, 5) is 17.5. The van der Waals surface area contributed by atoms with Gasteiger partial charge in [-0.2, -0.15) is 10.2 Å². The number of nitrogens with zero attached hydrogens (tertiary/aromatic N) is 6. The predicted octanol–water partition coefficient (Wildman–Crippen LogP) is 4.34. The van der Waals surface area contributed by atoms with E-state index in [1.165, 1.54) is 0 Å². The van der Waals surface area contributed by atoms with Gasteiger partial charge in [0.15, 0.2) is 0 Å². The van der Waals surface area contributed by atoms with Gasteiger partial charge in [0.25, 0.3) is 0 Å². The van der Waals surface area contributed by atoms with E-state index in [1.54, 1.807) is 37.2 Å². The van der Waals surface area contributed by atoms with Crippen LogP contribution in [0.25, 0.3) is 22.5 Å². The van der Waals surface area contributed by atoms with Gasteiger partial charge in [0.2, 0.25) is 0 Å². The first-order chi connectivity index (χ1) is 14.8. The van der Waals surface area contributed by atoms with Crippen molar-refractivity contribution in [3.63, 3.8) is 0 Å². The van der Waals surface area contributed by atoms with Crippen molar-refractivity contribution in [2.24, 2.45) is 0 Å². The molecule has 0 saturated carbocycles. The normalized spacial score (nSPS) is 11.3. The van der Waals surface area contributed by atoms with E-state index < -0.39 is 0 Å². The third-order valence-electron chi connectivity index (χ3n) is 4.46. The van der Waals surface area contributed by atoms with Gasteiger partial charge in [0, 0.05) is 48.0 Å². The molecular weight excluding hydrogens is 374 g/mol. The number of rotatable bonds is 7. The van der Waals surface area contributed by atoms with Gasteiger partial charge in [-0.1, -0.05) is 19.1 Å². The molecule has 0 aliphatic rings. The Kier molecular flexibility index (Phi) is 6.10. The number of hydrogen-bond donors (Lipinski definition) is 1. The number of allylic oxidation sites excluding steroid dienone is 2. The maximum absolute atomic E-state index is 4.56. The van der Waals surface area contributed by atoms with Crippen molar-refractivity contribution in [3.8, 4) is 22.5 Å². The molecule has 0 amide bonds. The van der Waals surface area contributed by atoms with Crippen LogP contribution in [0.5, 0.6) is 0 Å². The van der Waals surface area contributed by atoms with Gasteiger partial charge in [-0.15, -0.1) is 0 Å². The molecule has 0 radical (unpaired) electrons. The van der Waals surface area contributed by atoms with Crippen LogP contribution in [0.4, 0.5) is 5.82 Å². The molecule has 0 bridgehead atoms. The summed E-state index contributed by atoms with van der Waals surface area (Å²) >= 11 is 0. The standard InChI is InChI=1S/C23H21N7/c1-2-3-20(12-17-4-6-21(26-13-17)19-8-9-28-29-15-19)30-23-7-5-18(14-27-23)22-16-24-10-11-25-22/h3-11,13-16H,2,12H2,1H3,(H,27,30)/b20-3-. The van der Waals surface area contributed by atoms with E-state index in [-0.39, 0.29) is 0 Å². The van der Waals surface area contributed by atoms with E-state index in [9.17, 15) is 0 Å². The van der Waals surface area contributed by atoms with Crippen LogP contribution in [0.15, 0.2) is 85.5 Å². The Morgan fingerprint density at radius 2 is 1.73 bits per heavy atom. The second-order valence-electron chi connectivity index (χ2n) is 6.64. The highest BCUT2D eigenvalue weighted by Gasteiger charge is 2.05. The summed E-state index contributed by atoms with van der Waals surface area (Å²) in [7, 11) is 0. The molecule has 0 atom stereocenters. The summed E-state index contributed by atoms with van der Waals surface area (Å²) in [5.74, 6) is 0.787. The Morgan fingerprint density at radius 1 is 0.800 bits per heavy atom. The van der Waals surface area contributed by atoms with Crippen molar-refractivity contribution in [1.29, 1.82) is 0 Å². The summed E-state index contributed by atoms with van der Waals surface area (Å²) in [5.41, 5.74) is 5.76. The van der Waals surface area contributed by atoms with Crippen LogP contribution >= 0.6 is 0 Å². The lowest BCUT2D eigenvalue weighted by atomic mass is 10.1. The third-order valence-corrected chi connectivity index (χ3v) is 4.46. The summed E-state index contributed by atoms with van der Waals surface area (Å²) in [6, 6.07) is 9.92. The minimum Gasteiger partial charge on any atom is -0.344 e. The summed E-state index contributed by atoms with van der Waals surface area (Å²) in [6.07, 6.45) is 16.0. The lowest BCUT2D eigenvalue weighted by Gasteiger charge is -2.11. The van der Waals surface area contributed by atoms with Crippen LogP contribution < -0.4 is 5.32 Å². The zero-order valence-electron chi connectivity index (χ0n) is 16.6. The number of hydrogen-bond acceptors (Lipinski definition) is 7. The molecule has 7 heteroatoms. The van der Waals surface area contributed by atoms with Gasteiger partial charge in [0.1, 0.15) is 5.82 Å². The van der Waals surface area contributed by atoms with E-state index in [0.717, 1.165) is 52.4 Å². The van der Waals surface area contributed by atoms with Crippen LogP contribution in [-0.4, -0.2) is 30.1 Å². The van der Waals surface area contributed by atoms with Gasteiger partial charge in [-0.25, -0.2) is 4.98 Å². The Hall–Kier alpha value is -4.00. The largest absolute Gasteiger partial charge is 0.344 e. The lowest BCUT2D eigenvalue weighted by molar-refractivity contribution is 1.03. The zero-order valence-corrected chi connectivity index (χ0v) is 16.6. The first-order valence-corrected chi connectivity index (χ1v) is 9.72. The van der Waals surface area contributed by atoms with Crippen molar-refractivity contribution >= 4 is 5.82 Å². The Balaban J connectivity index is 1.45. The van der Waals surface area contributed by atoms with E-state index in [4.69, 9.17) is 0 Å². The van der Waals surface area contributed by atoms with Gasteiger partial charge in [-0.05, 0) is 36.2 Å². The maximum atomic E-state index is 4.56. The van der Waals surface area contributed by atoms with E-state index in [0.29, 0.717) is 0 Å². The molecule has 4 rings (SSSR count). The molecule has 0 aromatic carbocycles. The topological polar surface area (TPSA) is 89.4 Å².